The van der Waals surface area contributed by atoms with Crippen LogP contribution in [-0.2, 0) is 16.0 Å². The highest BCUT2D eigenvalue weighted by atomic mass is 32.1. The van der Waals surface area contributed by atoms with Gasteiger partial charge in [0.05, 0.1) is 19.6 Å². The molecule has 2 saturated heterocycles. The second-order valence-corrected chi connectivity index (χ2v) is 7.74. The van der Waals surface area contributed by atoms with Crippen LogP contribution in [0.1, 0.15) is 24.6 Å². The molecule has 0 radical (unpaired) electrons. The number of fused-ring (bicyclic) bond motifs is 1. The lowest BCUT2D eigenvalue weighted by molar-refractivity contribution is -0.133. The third kappa shape index (κ3) is 4.52. The van der Waals surface area contributed by atoms with Crippen LogP contribution < -0.4 is 5.32 Å². The van der Waals surface area contributed by atoms with Crippen molar-refractivity contribution >= 4 is 23.3 Å². The lowest BCUT2D eigenvalue weighted by Gasteiger charge is -2.42. The number of carbonyl (C=O) groups is 2. The van der Waals surface area contributed by atoms with Gasteiger partial charge in [-0.15, -0.1) is 11.3 Å². The maximum absolute atomic E-state index is 12.6. The molecule has 0 unspecified atom stereocenters. The van der Waals surface area contributed by atoms with Crippen LogP contribution in [0, 0.1) is 5.92 Å². The maximum atomic E-state index is 12.6. The molecule has 1 N–H and O–H groups in total. The monoisotopic (exact) mass is 365 g/mol. The van der Waals surface area contributed by atoms with Crippen molar-refractivity contribution in [3.8, 4) is 0 Å². The number of urea groups is 1. The van der Waals surface area contributed by atoms with Crippen LogP contribution in [0.15, 0.2) is 17.5 Å². The first-order valence-corrected chi connectivity index (χ1v) is 9.99. The summed E-state index contributed by atoms with van der Waals surface area (Å²) < 4.78 is 5.73. The number of ether oxygens (including phenoxy) is 1. The summed E-state index contributed by atoms with van der Waals surface area (Å²) in [5, 5.41) is 4.98. The first-order chi connectivity index (χ1) is 12.2. The van der Waals surface area contributed by atoms with Crippen LogP contribution >= 0.6 is 11.3 Å². The normalized spacial score (nSPS) is 23.7. The van der Waals surface area contributed by atoms with Crippen molar-refractivity contribution in [1.29, 1.82) is 0 Å². The Hall–Kier alpha value is -1.60. The minimum atomic E-state index is 0.000659. The molecule has 1 aromatic rings. The highest BCUT2D eigenvalue weighted by Gasteiger charge is 2.38. The van der Waals surface area contributed by atoms with E-state index in [4.69, 9.17) is 4.74 Å². The molecule has 25 heavy (non-hydrogen) atoms. The van der Waals surface area contributed by atoms with Crippen LogP contribution in [0.5, 0.6) is 0 Å². The van der Waals surface area contributed by atoms with Gasteiger partial charge in [0.15, 0.2) is 0 Å². The molecular formula is C18H27N3O3S. The van der Waals surface area contributed by atoms with E-state index in [0.717, 1.165) is 17.7 Å². The Morgan fingerprint density at radius 2 is 2.28 bits per heavy atom. The average molecular weight is 365 g/mol. The molecule has 3 heterocycles. The van der Waals surface area contributed by atoms with Crippen molar-refractivity contribution in [2.75, 3.05) is 39.4 Å². The van der Waals surface area contributed by atoms with Crippen molar-refractivity contribution in [1.82, 2.24) is 15.1 Å². The molecule has 138 valence electrons. The Bertz CT molecular complexity index is 578. The van der Waals surface area contributed by atoms with Gasteiger partial charge in [0.25, 0.3) is 0 Å². The number of hydrogen-bond acceptors (Lipinski definition) is 4. The summed E-state index contributed by atoms with van der Waals surface area (Å²) in [6.07, 6.45) is 2.22. The molecule has 0 aromatic carbocycles. The average Bonchev–Trinajstić information content (AvgIpc) is 3.03. The van der Waals surface area contributed by atoms with Gasteiger partial charge >= 0.3 is 6.03 Å². The Morgan fingerprint density at radius 3 is 3.04 bits per heavy atom. The Labute approximate surface area is 153 Å². The van der Waals surface area contributed by atoms with E-state index in [0.29, 0.717) is 45.8 Å². The van der Waals surface area contributed by atoms with E-state index in [2.05, 4.69) is 5.32 Å². The second-order valence-electron chi connectivity index (χ2n) is 6.71. The van der Waals surface area contributed by atoms with Crippen molar-refractivity contribution in [2.24, 2.45) is 5.92 Å². The molecule has 3 amide bonds. The third-order valence-corrected chi connectivity index (χ3v) is 5.82. The molecule has 3 rings (SSSR count). The summed E-state index contributed by atoms with van der Waals surface area (Å²) in [6.45, 7) is 5.93. The van der Waals surface area contributed by atoms with Crippen molar-refractivity contribution in [3.63, 3.8) is 0 Å². The molecule has 2 fully saturated rings. The predicted octanol–water partition coefficient (Wildman–Crippen LogP) is 1.96. The predicted molar refractivity (Wildman–Crippen MR) is 97.7 cm³/mol. The van der Waals surface area contributed by atoms with Gasteiger partial charge in [0.1, 0.15) is 0 Å². The third-order valence-electron chi connectivity index (χ3n) is 4.95. The molecule has 6 nitrogen and oxygen atoms in total. The van der Waals surface area contributed by atoms with Gasteiger partial charge in [-0.2, -0.15) is 0 Å². The van der Waals surface area contributed by atoms with Crippen LogP contribution in [0.3, 0.4) is 0 Å². The Morgan fingerprint density at radius 1 is 1.40 bits per heavy atom. The van der Waals surface area contributed by atoms with Crippen LogP contribution in [-0.4, -0.2) is 67.2 Å². The van der Waals surface area contributed by atoms with E-state index in [9.17, 15) is 9.59 Å². The van der Waals surface area contributed by atoms with Crippen molar-refractivity contribution in [2.45, 2.75) is 32.2 Å². The van der Waals surface area contributed by atoms with E-state index < -0.39 is 0 Å². The topological polar surface area (TPSA) is 61.9 Å². The molecule has 0 aliphatic carbocycles. The SMILES string of the molecule is CCCNC(=O)N1CCOC[C@H]2CN(C(=O)Cc3cccs3)CC[C@H]21. The van der Waals surface area contributed by atoms with E-state index in [-0.39, 0.29) is 23.9 Å². The summed E-state index contributed by atoms with van der Waals surface area (Å²) in [5.41, 5.74) is 0. The molecule has 2 atom stereocenters. The molecule has 0 spiro atoms. The van der Waals surface area contributed by atoms with E-state index in [1.807, 2.05) is 34.2 Å². The lowest BCUT2D eigenvalue weighted by atomic mass is 9.91. The molecule has 1 aromatic heterocycles. The zero-order chi connectivity index (χ0) is 17.6. The summed E-state index contributed by atoms with van der Waals surface area (Å²) in [6, 6.07) is 4.14. The largest absolute Gasteiger partial charge is 0.379 e. The number of nitrogens with one attached hydrogen (secondary N) is 1. The summed E-state index contributed by atoms with van der Waals surface area (Å²) in [7, 11) is 0. The van der Waals surface area contributed by atoms with Crippen LogP contribution in [0.2, 0.25) is 0 Å². The minimum absolute atomic E-state index is 0.000659. The smallest absolute Gasteiger partial charge is 0.317 e. The molecule has 2 aliphatic rings. The zero-order valence-electron chi connectivity index (χ0n) is 14.8. The number of hydrogen-bond donors (Lipinski definition) is 1. The van der Waals surface area contributed by atoms with Crippen LogP contribution in [0.25, 0.3) is 0 Å². The van der Waals surface area contributed by atoms with Gasteiger partial charge in [-0.3, -0.25) is 4.79 Å². The Kier molecular flexibility index (Phi) is 6.31. The fourth-order valence-corrected chi connectivity index (χ4v) is 4.34. The number of piperidine rings is 1. The molecular weight excluding hydrogens is 338 g/mol. The standard InChI is InChI=1S/C18H27N3O3S/c1-2-6-19-18(23)21-8-9-24-13-14-12-20(7-5-16(14)21)17(22)11-15-4-3-10-25-15/h3-4,10,14,16H,2,5-9,11-13H2,1H3,(H,19,23)/t14-,16-/m1/s1. The van der Waals surface area contributed by atoms with Gasteiger partial charge in [-0.25, -0.2) is 4.79 Å². The number of carbonyl (C=O) groups excluding carboxylic acids is 2. The van der Waals surface area contributed by atoms with Gasteiger partial charge in [0, 0.05) is 43.0 Å². The number of thiophene rings is 1. The van der Waals surface area contributed by atoms with Gasteiger partial charge in [0.2, 0.25) is 5.91 Å². The van der Waals surface area contributed by atoms with Crippen molar-refractivity contribution < 1.29 is 14.3 Å². The zero-order valence-corrected chi connectivity index (χ0v) is 15.6. The number of rotatable bonds is 4. The van der Waals surface area contributed by atoms with Crippen LogP contribution in [0.4, 0.5) is 4.79 Å². The highest BCUT2D eigenvalue weighted by Crippen LogP contribution is 2.26. The van der Waals surface area contributed by atoms with Gasteiger partial charge in [-0.1, -0.05) is 13.0 Å². The summed E-state index contributed by atoms with van der Waals surface area (Å²) in [4.78, 5) is 30.0. The summed E-state index contributed by atoms with van der Waals surface area (Å²) in [5.74, 6) is 0.364. The van der Waals surface area contributed by atoms with Gasteiger partial charge in [-0.05, 0) is 24.3 Å². The lowest BCUT2D eigenvalue weighted by Crippen LogP contribution is -2.56. The Balaban J connectivity index is 1.61. The molecule has 0 saturated carbocycles. The fourth-order valence-electron chi connectivity index (χ4n) is 3.64. The number of amides is 3. The second kappa shape index (κ2) is 8.67. The first-order valence-electron chi connectivity index (χ1n) is 9.11. The van der Waals surface area contributed by atoms with Crippen molar-refractivity contribution in [3.05, 3.63) is 22.4 Å². The fraction of sp³-hybridized carbons (Fsp3) is 0.667. The minimum Gasteiger partial charge on any atom is -0.379 e. The number of likely N-dealkylation sites (tertiary alicyclic amines) is 1. The van der Waals surface area contributed by atoms with E-state index >= 15 is 0 Å². The molecule has 0 bridgehead atoms. The molecule has 7 heteroatoms. The quantitative estimate of drug-likeness (QED) is 0.887. The van der Waals surface area contributed by atoms with E-state index in [1.54, 1.807) is 11.3 Å². The first kappa shape index (κ1) is 18.2. The highest BCUT2D eigenvalue weighted by molar-refractivity contribution is 7.10. The number of nitrogens with zero attached hydrogens (tertiary/aromatic N) is 2. The molecule has 2 aliphatic heterocycles. The van der Waals surface area contributed by atoms with E-state index in [1.165, 1.54) is 0 Å². The maximum Gasteiger partial charge on any atom is 0.317 e. The van der Waals surface area contributed by atoms with Gasteiger partial charge < -0.3 is 19.9 Å². The summed E-state index contributed by atoms with van der Waals surface area (Å²) >= 11 is 1.62.